The molecule has 1 aromatic carbocycles. The maximum atomic E-state index is 13.1. The quantitative estimate of drug-likeness (QED) is 0.317. The van der Waals surface area contributed by atoms with Gasteiger partial charge in [0, 0.05) is 5.92 Å². The van der Waals surface area contributed by atoms with Gasteiger partial charge in [-0.05, 0) is 92.0 Å². The maximum Gasteiger partial charge on any atom is 0.534 e. The van der Waals surface area contributed by atoms with E-state index >= 15 is 0 Å². The van der Waals surface area contributed by atoms with Crippen LogP contribution in [0.15, 0.2) is 24.3 Å². The Hall–Kier alpha value is -2.95. The van der Waals surface area contributed by atoms with Gasteiger partial charge in [-0.3, -0.25) is 4.84 Å². The van der Waals surface area contributed by atoms with E-state index in [-0.39, 0.29) is 17.8 Å². The summed E-state index contributed by atoms with van der Waals surface area (Å²) in [6.45, 7) is 11.9. The van der Waals surface area contributed by atoms with Crippen molar-refractivity contribution in [2.24, 2.45) is 5.92 Å². The maximum absolute atomic E-state index is 13.1. The highest BCUT2D eigenvalue weighted by molar-refractivity contribution is 5.70. The number of halogens is 1. The van der Waals surface area contributed by atoms with Crippen LogP contribution in [0.5, 0.6) is 5.75 Å². The van der Waals surface area contributed by atoms with Crippen LogP contribution in [0.4, 0.5) is 14.0 Å². The molecule has 0 N–H and O–H groups in total. The van der Waals surface area contributed by atoms with Crippen molar-refractivity contribution in [1.82, 2.24) is 5.06 Å². The second kappa shape index (κ2) is 10.8. The number of hydrogen-bond acceptors (Lipinski definition) is 6. The zero-order valence-electron chi connectivity index (χ0n) is 20.4. The molecule has 0 heterocycles. The normalized spacial score (nSPS) is 19.0. The summed E-state index contributed by atoms with van der Waals surface area (Å²) in [5.41, 5.74) is -1.56. The summed E-state index contributed by atoms with van der Waals surface area (Å²) in [5, 5.41) is 0.799. The number of carbonyl (C=O) groups is 2. The van der Waals surface area contributed by atoms with Gasteiger partial charge in [0.1, 0.15) is 28.8 Å². The Morgan fingerprint density at radius 3 is 2.21 bits per heavy atom. The molecule has 8 heteroatoms. The molecule has 0 aliphatic heterocycles. The number of ether oxygens (including phenoxy) is 3. The first-order chi connectivity index (χ1) is 15.2. The second-order valence-corrected chi connectivity index (χ2v) is 10.0. The minimum Gasteiger partial charge on any atom is -0.490 e. The molecule has 182 valence electrons. The molecule has 0 spiro atoms. The van der Waals surface area contributed by atoms with Crippen molar-refractivity contribution < 1.29 is 33.0 Å². The Morgan fingerprint density at radius 2 is 1.64 bits per heavy atom. The van der Waals surface area contributed by atoms with Crippen molar-refractivity contribution in [1.29, 1.82) is 0 Å². The molecule has 2 rings (SSSR count). The molecule has 1 aliphatic carbocycles. The van der Waals surface area contributed by atoms with Crippen molar-refractivity contribution in [2.75, 3.05) is 0 Å². The number of hydroxylamine groups is 2. The summed E-state index contributed by atoms with van der Waals surface area (Å²) >= 11 is 0. The molecule has 33 heavy (non-hydrogen) atoms. The summed E-state index contributed by atoms with van der Waals surface area (Å²) in [6, 6.07) is 5.16. The predicted molar refractivity (Wildman–Crippen MR) is 121 cm³/mol. The van der Waals surface area contributed by atoms with Crippen LogP contribution in [0.25, 0.3) is 0 Å². The lowest BCUT2D eigenvalue weighted by Crippen LogP contribution is -2.44. The minimum atomic E-state index is -1.02. The summed E-state index contributed by atoms with van der Waals surface area (Å²) in [6.07, 6.45) is 0.469. The van der Waals surface area contributed by atoms with E-state index in [9.17, 15) is 14.0 Å². The summed E-state index contributed by atoms with van der Waals surface area (Å²) in [7, 11) is 0. The first-order valence-electron chi connectivity index (χ1n) is 11.1. The summed E-state index contributed by atoms with van der Waals surface area (Å²) in [5.74, 6) is 6.50. The van der Waals surface area contributed by atoms with Gasteiger partial charge >= 0.3 is 12.2 Å². The van der Waals surface area contributed by atoms with Gasteiger partial charge in [0.15, 0.2) is 0 Å². The minimum absolute atomic E-state index is 0.0231. The average molecular weight is 464 g/mol. The fraction of sp³-hybridized carbons (Fsp3) is 0.600. The lowest BCUT2D eigenvalue weighted by atomic mass is 10.1. The van der Waals surface area contributed by atoms with Gasteiger partial charge in [0.05, 0.1) is 6.10 Å². The van der Waals surface area contributed by atoms with Crippen molar-refractivity contribution in [3.05, 3.63) is 30.1 Å². The SMILES string of the molecule is CC(C#C[C@H]1CC[C@@H](Oc2ccc(F)cc2)C1)N(OC(=O)OC(C)(C)C)C(=O)OC(C)(C)C. The molecule has 1 amide bonds. The highest BCUT2D eigenvalue weighted by atomic mass is 19.1. The molecule has 1 unspecified atom stereocenters. The van der Waals surface area contributed by atoms with Crippen LogP contribution in [0, 0.1) is 23.6 Å². The number of hydrogen-bond donors (Lipinski definition) is 0. The topological polar surface area (TPSA) is 74.3 Å². The van der Waals surface area contributed by atoms with Crippen molar-refractivity contribution in [2.45, 2.75) is 91.1 Å². The van der Waals surface area contributed by atoms with E-state index in [0.29, 0.717) is 12.2 Å². The molecule has 1 aliphatic rings. The number of carbonyl (C=O) groups excluding carboxylic acids is 2. The van der Waals surface area contributed by atoms with Crippen molar-refractivity contribution in [3.8, 4) is 17.6 Å². The predicted octanol–water partition coefficient (Wildman–Crippen LogP) is 5.87. The monoisotopic (exact) mass is 463 g/mol. The van der Waals surface area contributed by atoms with Crippen LogP contribution in [-0.2, 0) is 14.3 Å². The zero-order chi connectivity index (χ0) is 24.8. The highest BCUT2D eigenvalue weighted by Crippen LogP contribution is 2.29. The third kappa shape index (κ3) is 9.60. The highest BCUT2D eigenvalue weighted by Gasteiger charge is 2.31. The van der Waals surface area contributed by atoms with Crippen LogP contribution in [-0.4, -0.2) is 40.7 Å². The van der Waals surface area contributed by atoms with E-state index in [4.69, 9.17) is 19.0 Å². The zero-order valence-corrected chi connectivity index (χ0v) is 20.4. The fourth-order valence-corrected chi connectivity index (χ4v) is 3.11. The average Bonchev–Trinajstić information content (AvgIpc) is 3.10. The lowest BCUT2D eigenvalue weighted by Gasteiger charge is -2.28. The van der Waals surface area contributed by atoms with E-state index in [1.54, 1.807) is 60.6 Å². The van der Waals surface area contributed by atoms with Crippen LogP contribution < -0.4 is 4.74 Å². The van der Waals surface area contributed by atoms with Crippen LogP contribution in [0.2, 0.25) is 0 Å². The number of benzene rings is 1. The molecular formula is C25H34FNO6. The second-order valence-electron chi connectivity index (χ2n) is 10.0. The summed E-state index contributed by atoms with van der Waals surface area (Å²) in [4.78, 5) is 30.0. The van der Waals surface area contributed by atoms with E-state index < -0.39 is 29.5 Å². The Kier molecular flexibility index (Phi) is 8.59. The summed E-state index contributed by atoms with van der Waals surface area (Å²) < 4.78 is 29.5. The molecule has 1 aromatic rings. The van der Waals surface area contributed by atoms with Gasteiger partial charge in [-0.1, -0.05) is 11.8 Å². The molecule has 3 atom stereocenters. The first kappa shape index (κ1) is 26.3. The van der Waals surface area contributed by atoms with Crippen molar-refractivity contribution >= 4 is 12.2 Å². The van der Waals surface area contributed by atoms with Gasteiger partial charge in [0.2, 0.25) is 0 Å². The van der Waals surface area contributed by atoms with Crippen LogP contribution >= 0.6 is 0 Å². The van der Waals surface area contributed by atoms with Gasteiger partial charge in [-0.2, -0.15) is 0 Å². The van der Waals surface area contributed by atoms with E-state index in [0.717, 1.165) is 17.9 Å². The standard InChI is InChI=1S/C25H34FNO6/c1-17(27(22(28)31-24(2,3)4)33-23(29)32-25(5,6)7)8-9-18-10-13-21(16-18)30-20-14-11-19(26)12-15-20/h11-12,14-15,17-18,21H,10,13,16H2,1-7H3/t17?,18-,21+/m0/s1. The van der Waals surface area contributed by atoms with Crippen LogP contribution in [0.1, 0.15) is 67.7 Å². The third-order valence-electron chi connectivity index (χ3n) is 4.48. The van der Waals surface area contributed by atoms with E-state index in [2.05, 4.69) is 11.8 Å². The molecule has 0 radical (unpaired) electrons. The van der Waals surface area contributed by atoms with Crippen LogP contribution in [0.3, 0.4) is 0 Å². The fourth-order valence-electron chi connectivity index (χ4n) is 3.11. The Balaban J connectivity index is 2.02. The largest absolute Gasteiger partial charge is 0.534 e. The number of nitrogens with zero attached hydrogens (tertiary/aromatic N) is 1. The van der Waals surface area contributed by atoms with Crippen molar-refractivity contribution in [3.63, 3.8) is 0 Å². The molecule has 1 fully saturated rings. The lowest BCUT2D eigenvalue weighted by molar-refractivity contribution is -0.144. The molecule has 1 saturated carbocycles. The molecule has 0 saturated heterocycles. The van der Waals surface area contributed by atoms with Gasteiger partial charge < -0.3 is 14.2 Å². The molecule has 0 bridgehead atoms. The molecule has 7 nitrogen and oxygen atoms in total. The third-order valence-corrected chi connectivity index (χ3v) is 4.48. The smallest absolute Gasteiger partial charge is 0.490 e. The number of rotatable bonds is 3. The molecular weight excluding hydrogens is 429 g/mol. The molecule has 0 aromatic heterocycles. The van der Waals surface area contributed by atoms with E-state index in [1.807, 2.05) is 0 Å². The Bertz CT molecular complexity index is 875. The van der Waals surface area contributed by atoms with E-state index in [1.165, 1.54) is 12.1 Å². The Morgan fingerprint density at radius 1 is 1.03 bits per heavy atom. The Labute approximate surface area is 195 Å². The van der Waals surface area contributed by atoms with Gasteiger partial charge in [-0.25, -0.2) is 14.0 Å². The first-order valence-corrected chi connectivity index (χ1v) is 11.1. The number of amides is 1. The van der Waals surface area contributed by atoms with Gasteiger partial charge in [0.25, 0.3) is 0 Å². The van der Waals surface area contributed by atoms with Gasteiger partial charge in [-0.15, -0.1) is 5.06 Å².